The Hall–Kier alpha value is -2.56. The normalized spacial score (nSPS) is 22.2. The quantitative estimate of drug-likeness (QED) is 0.795. The van der Waals surface area contributed by atoms with Gasteiger partial charge in [-0.2, -0.15) is 0 Å². The number of furan rings is 1. The van der Waals surface area contributed by atoms with Crippen LogP contribution in [0.15, 0.2) is 47.1 Å². The lowest BCUT2D eigenvalue weighted by atomic mass is 9.78. The Labute approximate surface area is 166 Å². The van der Waals surface area contributed by atoms with Gasteiger partial charge in [0.05, 0.1) is 17.2 Å². The first-order valence-electron chi connectivity index (χ1n) is 10.3. The number of carbonyl (C=O) groups excluding carboxylic acids is 2. The first-order chi connectivity index (χ1) is 13.6. The third-order valence-electron chi connectivity index (χ3n) is 6.29. The van der Waals surface area contributed by atoms with Crippen molar-refractivity contribution in [1.29, 1.82) is 0 Å². The standard InChI is InChI=1S/C23H28N2O3/c1-18-20(10-16-28-18)21(26)25-15-12-23(17-25)11-6-14-24(22(23)27)13-5-9-19-7-3-2-4-8-19/h2-4,7-8,10,16H,5-6,9,11-15,17H2,1H3. The van der Waals surface area contributed by atoms with E-state index in [1.807, 2.05) is 15.9 Å². The maximum atomic E-state index is 13.3. The number of aryl methyl sites for hydroxylation is 2. The molecule has 1 aromatic carbocycles. The first-order valence-corrected chi connectivity index (χ1v) is 10.3. The monoisotopic (exact) mass is 380 g/mol. The number of piperidine rings is 1. The lowest BCUT2D eigenvalue weighted by Gasteiger charge is -2.39. The van der Waals surface area contributed by atoms with Gasteiger partial charge < -0.3 is 14.2 Å². The van der Waals surface area contributed by atoms with E-state index in [0.717, 1.165) is 45.2 Å². The molecular formula is C23H28N2O3. The molecule has 2 aromatic rings. The molecule has 1 unspecified atom stereocenters. The molecule has 2 amide bonds. The van der Waals surface area contributed by atoms with E-state index >= 15 is 0 Å². The highest BCUT2D eigenvalue weighted by Crippen LogP contribution is 2.40. The number of amides is 2. The average Bonchev–Trinajstić information content (AvgIpc) is 3.33. The molecule has 28 heavy (non-hydrogen) atoms. The molecule has 0 N–H and O–H groups in total. The van der Waals surface area contributed by atoms with Gasteiger partial charge in [0.1, 0.15) is 5.76 Å². The summed E-state index contributed by atoms with van der Waals surface area (Å²) in [6.07, 6.45) is 6.18. The molecular weight excluding hydrogens is 352 g/mol. The molecule has 3 heterocycles. The van der Waals surface area contributed by atoms with Crippen LogP contribution in [-0.4, -0.2) is 47.8 Å². The topological polar surface area (TPSA) is 53.8 Å². The molecule has 2 aliphatic rings. The SMILES string of the molecule is Cc1occc1C(=O)N1CCC2(CCCN(CCCc3ccccc3)C2=O)C1. The second kappa shape index (κ2) is 7.82. The fourth-order valence-electron chi connectivity index (χ4n) is 4.69. The lowest BCUT2D eigenvalue weighted by Crippen LogP contribution is -2.50. The summed E-state index contributed by atoms with van der Waals surface area (Å²) >= 11 is 0. The van der Waals surface area contributed by atoms with E-state index in [-0.39, 0.29) is 11.8 Å². The molecule has 1 atom stereocenters. The summed E-state index contributed by atoms with van der Waals surface area (Å²) in [7, 11) is 0. The number of likely N-dealkylation sites (tertiary alicyclic amines) is 2. The molecule has 1 aromatic heterocycles. The summed E-state index contributed by atoms with van der Waals surface area (Å²) < 4.78 is 5.28. The van der Waals surface area contributed by atoms with Crippen molar-refractivity contribution in [3.8, 4) is 0 Å². The van der Waals surface area contributed by atoms with Crippen LogP contribution in [-0.2, 0) is 11.2 Å². The molecule has 2 fully saturated rings. The molecule has 4 rings (SSSR count). The molecule has 0 saturated carbocycles. The van der Waals surface area contributed by atoms with Gasteiger partial charge in [0.25, 0.3) is 5.91 Å². The second-order valence-corrected chi connectivity index (χ2v) is 8.13. The molecule has 148 valence electrons. The zero-order valence-corrected chi connectivity index (χ0v) is 16.5. The maximum Gasteiger partial charge on any atom is 0.257 e. The molecule has 1 spiro atoms. The first kappa shape index (κ1) is 18.8. The molecule has 0 bridgehead atoms. The van der Waals surface area contributed by atoms with Crippen molar-refractivity contribution in [3.63, 3.8) is 0 Å². The van der Waals surface area contributed by atoms with Crippen LogP contribution in [0.1, 0.15) is 47.4 Å². The number of nitrogens with zero attached hydrogens (tertiary/aromatic N) is 2. The zero-order chi connectivity index (χ0) is 19.6. The highest BCUT2D eigenvalue weighted by molar-refractivity contribution is 5.96. The molecule has 2 aliphatic heterocycles. The summed E-state index contributed by atoms with van der Waals surface area (Å²) in [6.45, 7) is 4.62. The molecule has 0 radical (unpaired) electrons. The predicted molar refractivity (Wildman–Crippen MR) is 107 cm³/mol. The van der Waals surface area contributed by atoms with E-state index in [2.05, 4.69) is 24.3 Å². The van der Waals surface area contributed by atoms with Crippen LogP contribution in [0, 0.1) is 12.3 Å². The van der Waals surface area contributed by atoms with E-state index < -0.39 is 5.41 Å². The highest BCUT2D eigenvalue weighted by atomic mass is 16.3. The fraction of sp³-hybridized carbons (Fsp3) is 0.478. The Balaban J connectivity index is 1.37. The molecule has 5 heteroatoms. The third kappa shape index (κ3) is 3.58. The van der Waals surface area contributed by atoms with Gasteiger partial charge >= 0.3 is 0 Å². The van der Waals surface area contributed by atoms with Crippen LogP contribution < -0.4 is 0 Å². The van der Waals surface area contributed by atoms with Crippen molar-refractivity contribution in [2.75, 3.05) is 26.2 Å². The summed E-state index contributed by atoms with van der Waals surface area (Å²) in [5.41, 5.74) is 1.54. The van der Waals surface area contributed by atoms with Gasteiger partial charge in [0.15, 0.2) is 0 Å². The van der Waals surface area contributed by atoms with Crippen molar-refractivity contribution in [2.24, 2.45) is 5.41 Å². The van der Waals surface area contributed by atoms with Crippen LogP contribution in [0.5, 0.6) is 0 Å². The van der Waals surface area contributed by atoms with Gasteiger partial charge in [-0.3, -0.25) is 9.59 Å². The van der Waals surface area contributed by atoms with Crippen molar-refractivity contribution < 1.29 is 14.0 Å². The Morgan fingerprint density at radius 1 is 1.14 bits per heavy atom. The average molecular weight is 380 g/mol. The number of benzene rings is 1. The van der Waals surface area contributed by atoms with Crippen molar-refractivity contribution >= 4 is 11.8 Å². The minimum absolute atomic E-state index is 0.0165. The second-order valence-electron chi connectivity index (χ2n) is 8.13. The predicted octanol–water partition coefficient (Wildman–Crippen LogP) is 3.68. The van der Waals surface area contributed by atoms with E-state index in [4.69, 9.17) is 4.42 Å². The smallest absolute Gasteiger partial charge is 0.257 e. The molecule has 0 aliphatic carbocycles. The number of hydrogen-bond donors (Lipinski definition) is 0. The maximum absolute atomic E-state index is 13.3. The summed E-state index contributed by atoms with van der Waals surface area (Å²) in [4.78, 5) is 30.0. The van der Waals surface area contributed by atoms with E-state index in [1.165, 1.54) is 5.56 Å². The van der Waals surface area contributed by atoms with E-state index in [9.17, 15) is 9.59 Å². The van der Waals surface area contributed by atoms with Gasteiger partial charge in [-0.1, -0.05) is 30.3 Å². The van der Waals surface area contributed by atoms with Crippen molar-refractivity contribution in [2.45, 2.75) is 39.0 Å². The van der Waals surface area contributed by atoms with Gasteiger partial charge in [-0.25, -0.2) is 0 Å². The lowest BCUT2D eigenvalue weighted by molar-refractivity contribution is -0.145. The van der Waals surface area contributed by atoms with Crippen LogP contribution >= 0.6 is 0 Å². The Kier molecular flexibility index (Phi) is 5.25. The number of carbonyl (C=O) groups is 2. The highest BCUT2D eigenvalue weighted by Gasteiger charge is 2.49. The van der Waals surface area contributed by atoms with Crippen LogP contribution in [0.25, 0.3) is 0 Å². The summed E-state index contributed by atoms with van der Waals surface area (Å²) in [5, 5.41) is 0. The summed E-state index contributed by atoms with van der Waals surface area (Å²) in [6, 6.07) is 12.1. The molecule has 2 saturated heterocycles. The Bertz CT molecular complexity index is 845. The molecule has 5 nitrogen and oxygen atoms in total. The van der Waals surface area contributed by atoms with Gasteiger partial charge in [0, 0.05) is 26.2 Å². The van der Waals surface area contributed by atoms with E-state index in [1.54, 1.807) is 19.3 Å². The summed E-state index contributed by atoms with van der Waals surface area (Å²) in [5.74, 6) is 0.867. The third-order valence-corrected chi connectivity index (χ3v) is 6.29. The van der Waals surface area contributed by atoms with Crippen LogP contribution in [0.4, 0.5) is 0 Å². The largest absolute Gasteiger partial charge is 0.469 e. The number of rotatable bonds is 5. The van der Waals surface area contributed by atoms with Gasteiger partial charge in [0.2, 0.25) is 5.91 Å². The minimum atomic E-state index is -0.391. The van der Waals surface area contributed by atoms with Gasteiger partial charge in [-0.05, 0) is 50.7 Å². The minimum Gasteiger partial charge on any atom is -0.469 e. The zero-order valence-electron chi connectivity index (χ0n) is 16.5. The fourth-order valence-corrected chi connectivity index (χ4v) is 4.69. The van der Waals surface area contributed by atoms with Crippen LogP contribution in [0.3, 0.4) is 0 Å². The Morgan fingerprint density at radius 2 is 1.96 bits per heavy atom. The van der Waals surface area contributed by atoms with E-state index in [0.29, 0.717) is 24.4 Å². The number of hydrogen-bond acceptors (Lipinski definition) is 3. The Morgan fingerprint density at radius 3 is 2.71 bits per heavy atom. The van der Waals surface area contributed by atoms with Crippen LogP contribution in [0.2, 0.25) is 0 Å². The van der Waals surface area contributed by atoms with Crippen molar-refractivity contribution in [1.82, 2.24) is 9.80 Å². The van der Waals surface area contributed by atoms with Crippen molar-refractivity contribution in [3.05, 3.63) is 59.5 Å². The van der Waals surface area contributed by atoms with Gasteiger partial charge in [-0.15, -0.1) is 0 Å².